The molecule has 1 amide bonds. The van der Waals surface area contributed by atoms with Gasteiger partial charge >= 0.3 is 0 Å². The molecule has 1 aliphatic heterocycles. The van der Waals surface area contributed by atoms with Crippen molar-refractivity contribution in [1.82, 2.24) is 9.80 Å². The third-order valence-electron chi connectivity index (χ3n) is 4.71. The summed E-state index contributed by atoms with van der Waals surface area (Å²) in [5.74, 6) is 0.458. The van der Waals surface area contributed by atoms with Crippen molar-refractivity contribution in [3.8, 4) is 0 Å². The molecule has 0 N–H and O–H groups in total. The largest absolute Gasteiger partial charge is 0.486 e. The summed E-state index contributed by atoms with van der Waals surface area (Å²) in [6.45, 7) is 3.90. The van der Waals surface area contributed by atoms with Gasteiger partial charge in [0.2, 0.25) is 0 Å². The van der Waals surface area contributed by atoms with Gasteiger partial charge in [-0.25, -0.2) is 0 Å². The maximum Gasteiger partial charge on any atom is 0.290 e. The molecule has 1 unspecified atom stereocenters. The lowest BCUT2D eigenvalue weighted by Gasteiger charge is -2.25. The van der Waals surface area contributed by atoms with E-state index >= 15 is 0 Å². The zero-order chi connectivity index (χ0) is 18.5. The van der Waals surface area contributed by atoms with Gasteiger partial charge in [-0.3, -0.25) is 4.79 Å². The van der Waals surface area contributed by atoms with Crippen LogP contribution in [0.2, 0.25) is 0 Å². The van der Waals surface area contributed by atoms with E-state index in [1.165, 1.54) is 0 Å². The summed E-state index contributed by atoms with van der Waals surface area (Å²) in [6, 6.07) is 20.2. The van der Waals surface area contributed by atoms with Crippen molar-refractivity contribution >= 4 is 11.5 Å². The van der Waals surface area contributed by atoms with Crippen molar-refractivity contribution in [2.75, 3.05) is 33.8 Å². The number of carbonyl (C=O) groups is 1. The van der Waals surface area contributed by atoms with Crippen LogP contribution < -0.4 is 0 Å². The highest BCUT2D eigenvalue weighted by atomic mass is 16.5. The Bertz CT molecular complexity index is 769. The summed E-state index contributed by atoms with van der Waals surface area (Å²) >= 11 is 0. The van der Waals surface area contributed by atoms with Gasteiger partial charge < -0.3 is 14.5 Å². The van der Waals surface area contributed by atoms with Gasteiger partial charge in [0.25, 0.3) is 5.91 Å². The van der Waals surface area contributed by atoms with Crippen LogP contribution in [0.25, 0.3) is 5.57 Å². The van der Waals surface area contributed by atoms with Crippen molar-refractivity contribution < 1.29 is 9.53 Å². The molecule has 4 nitrogen and oxygen atoms in total. The number of amides is 1. The van der Waals surface area contributed by atoms with E-state index in [4.69, 9.17) is 4.74 Å². The van der Waals surface area contributed by atoms with E-state index in [0.717, 1.165) is 23.2 Å². The average Bonchev–Trinajstić information content (AvgIpc) is 2.99. The second-order valence-electron chi connectivity index (χ2n) is 6.85. The minimum Gasteiger partial charge on any atom is -0.486 e. The lowest BCUT2D eigenvalue weighted by molar-refractivity contribution is -0.130. The Morgan fingerprint density at radius 1 is 1.04 bits per heavy atom. The van der Waals surface area contributed by atoms with Crippen LogP contribution in [-0.2, 0) is 9.53 Å². The smallest absolute Gasteiger partial charge is 0.290 e. The molecule has 26 heavy (non-hydrogen) atoms. The highest BCUT2D eigenvalue weighted by Crippen LogP contribution is 2.34. The maximum absolute atomic E-state index is 13.1. The molecular weight excluding hydrogens is 324 g/mol. The van der Waals surface area contributed by atoms with Crippen LogP contribution in [-0.4, -0.2) is 49.5 Å². The molecule has 0 bridgehead atoms. The zero-order valence-corrected chi connectivity index (χ0v) is 15.7. The summed E-state index contributed by atoms with van der Waals surface area (Å²) in [5.41, 5.74) is 3.14. The Balaban J connectivity index is 1.86. The van der Waals surface area contributed by atoms with Gasteiger partial charge in [0, 0.05) is 12.1 Å². The Kier molecular flexibility index (Phi) is 5.74. The first-order valence-corrected chi connectivity index (χ1v) is 9.00. The molecule has 136 valence electrons. The van der Waals surface area contributed by atoms with E-state index in [2.05, 4.69) is 19.1 Å². The van der Waals surface area contributed by atoms with Crippen molar-refractivity contribution in [3.05, 3.63) is 77.5 Å². The van der Waals surface area contributed by atoms with E-state index < -0.39 is 0 Å². The molecule has 1 aliphatic rings. The number of likely N-dealkylation sites (N-methyl/N-ethyl adjacent to an activating group) is 1. The molecule has 0 spiro atoms. The molecule has 1 atom stereocenters. The van der Waals surface area contributed by atoms with Gasteiger partial charge in [0.15, 0.2) is 5.76 Å². The molecule has 0 saturated heterocycles. The van der Waals surface area contributed by atoms with E-state index in [1.807, 2.05) is 72.4 Å². The molecule has 4 heteroatoms. The minimum atomic E-state index is -0.0287. The molecule has 0 aromatic heterocycles. The van der Waals surface area contributed by atoms with E-state index in [9.17, 15) is 4.79 Å². The fraction of sp³-hybridized carbons (Fsp3) is 0.318. The van der Waals surface area contributed by atoms with Crippen LogP contribution in [0, 0.1) is 0 Å². The van der Waals surface area contributed by atoms with Gasteiger partial charge in [-0.05, 0) is 32.1 Å². The van der Waals surface area contributed by atoms with Gasteiger partial charge in [0.1, 0.15) is 6.61 Å². The number of benzene rings is 2. The van der Waals surface area contributed by atoms with Crippen LogP contribution in [0.5, 0.6) is 0 Å². The van der Waals surface area contributed by atoms with Crippen LogP contribution in [0.1, 0.15) is 24.1 Å². The van der Waals surface area contributed by atoms with Crippen molar-refractivity contribution in [2.45, 2.75) is 13.0 Å². The maximum atomic E-state index is 13.1. The third-order valence-corrected chi connectivity index (χ3v) is 4.71. The predicted octanol–water partition coefficient (Wildman–Crippen LogP) is 3.58. The average molecular weight is 350 g/mol. The lowest BCUT2D eigenvalue weighted by Crippen LogP contribution is -2.31. The number of rotatable bonds is 7. The predicted molar refractivity (Wildman–Crippen MR) is 104 cm³/mol. The number of ether oxygens (including phenoxy) is 1. The molecule has 0 fully saturated rings. The SMILES string of the molecule is CC(c1ccccc1)N1CC(c2ccccc2)=C(OCCN(C)C)C1=O. The third kappa shape index (κ3) is 3.97. The zero-order valence-electron chi connectivity index (χ0n) is 15.7. The summed E-state index contributed by atoms with van der Waals surface area (Å²) in [7, 11) is 3.99. The van der Waals surface area contributed by atoms with E-state index in [-0.39, 0.29) is 11.9 Å². The molecule has 0 saturated carbocycles. The number of carbonyl (C=O) groups excluding carboxylic acids is 1. The highest BCUT2D eigenvalue weighted by Gasteiger charge is 2.35. The Morgan fingerprint density at radius 2 is 1.65 bits per heavy atom. The van der Waals surface area contributed by atoms with Crippen LogP contribution in [0.15, 0.2) is 66.4 Å². The number of nitrogens with zero attached hydrogens (tertiary/aromatic N) is 2. The Hall–Kier alpha value is -2.59. The number of hydrogen-bond acceptors (Lipinski definition) is 3. The minimum absolute atomic E-state index is 0.00244. The van der Waals surface area contributed by atoms with Gasteiger partial charge in [0.05, 0.1) is 12.6 Å². The fourth-order valence-electron chi connectivity index (χ4n) is 3.14. The van der Waals surface area contributed by atoms with Gasteiger partial charge in [-0.1, -0.05) is 60.7 Å². The van der Waals surface area contributed by atoms with E-state index in [0.29, 0.717) is 18.9 Å². The van der Waals surface area contributed by atoms with E-state index in [1.54, 1.807) is 0 Å². The second-order valence-corrected chi connectivity index (χ2v) is 6.85. The molecule has 1 heterocycles. The normalized spacial score (nSPS) is 15.7. The van der Waals surface area contributed by atoms with Gasteiger partial charge in [-0.15, -0.1) is 0 Å². The number of hydrogen-bond donors (Lipinski definition) is 0. The highest BCUT2D eigenvalue weighted by molar-refractivity contribution is 6.04. The Morgan fingerprint density at radius 3 is 2.27 bits per heavy atom. The molecule has 3 rings (SSSR count). The molecular formula is C22H26N2O2. The van der Waals surface area contributed by atoms with Crippen LogP contribution in [0.3, 0.4) is 0 Å². The fourth-order valence-corrected chi connectivity index (χ4v) is 3.14. The second kappa shape index (κ2) is 8.19. The van der Waals surface area contributed by atoms with Gasteiger partial charge in [-0.2, -0.15) is 0 Å². The summed E-state index contributed by atoms with van der Waals surface area (Å²) in [5, 5.41) is 0. The van der Waals surface area contributed by atoms with Crippen molar-refractivity contribution in [1.29, 1.82) is 0 Å². The first kappa shape index (κ1) is 18.2. The first-order chi connectivity index (χ1) is 12.6. The monoisotopic (exact) mass is 350 g/mol. The molecule has 2 aromatic rings. The summed E-state index contributed by atoms with van der Waals surface area (Å²) in [6.07, 6.45) is 0. The molecule has 2 aromatic carbocycles. The first-order valence-electron chi connectivity index (χ1n) is 9.00. The quantitative estimate of drug-likeness (QED) is 0.765. The van der Waals surface area contributed by atoms with Crippen molar-refractivity contribution in [2.24, 2.45) is 0 Å². The standard InChI is InChI=1S/C22H26N2O2/c1-17(18-10-6-4-7-11-18)24-16-20(19-12-8-5-9-13-19)21(22(24)25)26-15-14-23(2)3/h4-13,17H,14-16H2,1-3H3. The lowest BCUT2D eigenvalue weighted by atomic mass is 10.1. The molecule has 0 aliphatic carbocycles. The summed E-state index contributed by atoms with van der Waals surface area (Å²) in [4.78, 5) is 17.0. The Labute approximate surface area is 155 Å². The topological polar surface area (TPSA) is 32.8 Å². The summed E-state index contributed by atoms with van der Waals surface area (Å²) < 4.78 is 5.96. The van der Waals surface area contributed by atoms with Crippen LogP contribution >= 0.6 is 0 Å². The molecule has 0 radical (unpaired) electrons. The van der Waals surface area contributed by atoms with Crippen molar-refractivity contribution in [3.63, 3.8) is 0 Å². The van der Waals surface area contributed by atoms with Crippen LogP contribution in [0.4, 0.5) is 0 Å².